The first-order valence-corrected chi connectivity index (χ1v) is 8.51. The molecule has 4 nitrogen and oxygen atoms in total. The summed E-state index contributed by atoms with van der Waals surface area (Å²) in [4.78, 5) is 14.5. The Morgan fingerprint density at radius 1 is 1.39 bits per heavy atom. The molecular weight excluding hydrogens is 310 g/mol. The molecule has 1 atom stereocenters. The number of hydrogen-bond acceptors (Lipinski definition) is 2. The highest BCUT2D eigenvalue weighted by Gasteiger charge is 2.25. The van der Waals surface area contributed by atoms with Gasteiger partial charge in [-0.05, 0) is 43.0 Å². The third-order valence-corrected chi connectivity index (χ3v) is 4.68. The second-order valence-corrected chi connectivity index (χ2v) is 6.66. The molecule has 23 heavy (non-hydrogen) atoms. The molecule has 5 heteroatoms. The maximum absolute atomic E-state index is 12.5. The van der Waals surface area contributed by atoms with Crippen LogP contribution in [-0.2, 0) is 18.3 Å². The highest BCUT2D eigenvalue weighted by molar-refractivity contribution is 6.30. The fraction of sp³-hybridized carbons (Fsp3) is 0.444. The molecule has 2 aromatic rings. The van der Waals surface area contributed by atoms with E-state index >= 15 is 0 Å². The van der Waals surface area contributed by atoms with Crippen LogP contribution in [-0.4, -0.2) is 33.7 Å². The number of aryl methyl sites for hydroxylation is 2. The summed E-state index contributed by atoms with van der Waals surface area (Å²) in [6.07, 6.45) is 5.40. The van der Waals surface area contributed by atoms with Crippen LogP contribution < -0.4 is 0 Å². The molecule has 1 aliphatic heterocycles. The largest absolute Gasteiger partial charge is 0.342 e. The zero-order valence-corrected chi connectivity index (χ0v) is 14.2. The summed E-state index contributed by atoms with van der Waals surface area (Å²) in [5.41, 5.74) is 2.21. The molecule has 0 bridgehead atoms. The zero-order valence-electron chi connectivity index (χ0n) is 13.4. The number of benzene rings is 1. The lowest BCUT2D eigenvalue weighted by atomic mass is 9.94. The SMILES string of the molecule is Cn1ccc([C@H]2CCCN(C(=O)CCc3cccc(Cl)c3)C2)n1. The molecular formula is C18H22ClN3O. The van der Waals surface area contributed by atoms with Gasteiger partial charge in [0.1, 0.15) is 0 Å². The number of nitrogens with zero attached hydrogens (tertiary/aromatic N) is 3. The summed E-state index contributed by atoms with van der Waals surface area (Å²) in [5.74, 6) is 0.589. The number of carbonyl (C=O) groups is 1. The first-order chi connectivity index (χ1) is 11.1. The minimum absolute atomic E-state index is 0.227. The van der Waals surface area contributed by atoms with Crippen molar-refractivity contribution >= 4 is 17.5 Å². The first kappa shape index (κ1) is 16.1. The number of piperidine rings is 1. The van der Waals surface area contributed by atoms with Crippen LogP contribution in [0.3, 0.4) is 0 Å². The maximum Gasteiger partial charge on any atom is 0.222 e. The fourth-order valence-corrected chi connectivity index (χ4v) is 3.41. The van der Waals surface area contributed by atoms with Gasteiger partial charge in [0.15, 0.2) is 0 Å². The van der Waals surface area contributed by atoms with E-state index in [4.69, 9.17) is 11.6 Å². The minimum Gasteiger partial charge on any atom is -0.342 e. The molecule has 0 saturated carbocycles. The molecule has 1 fully saturated rings. The Hall–Kier alpha value is -1.81. The predicted molar refractivity (Wildman–Crippen MR) is 91.5 cm³/mol. The summed E-state index contributed by atoms with van der Waals surface area (Å²) in [6, 6.07) is 9.80. The number of hydrogen-bond donors (Lipinski definition) is 0. The standard InChI is InChI=1S/C18H22ClN3O/c1-21-11-9-17(20-21)15-5-3-10-22(13-15)18(23)8-7-14-4-2-6-16(19)12-14/h2,4,6,9,11-12,15H,3,5,7-8,10,13H2,1H3/t15-/m0/s1. The molecule has 0 N–H and O–H groups in total. The molecule has 3 rings (SSSR count). The lowest BCUT2D eigenvalue weighted by Crippen LogP contribution is -2.39. The van der Waals surface area contributed by atoms with Gasteiger partial charge in [-0.15, -0.1) is 0 Å². The van der Waals surface area contributed by atoms with Crippen molar-refractivity contribution in [2.75, 3.05) is 13.1 Å². The average Bonchev–Trinajstić information content (AvgIpc) is 2.99. The third-order valence-electron chi connectivity index (χ3n) is 4.44. The van der Waals surface area contributed by atoms with Crippen LogP contribution in [0.1, 0.15) is 36.4 Å². The van der Waals surface area contributed by atoms with Crippen molar-refractivity contribution in [3.8, 4) is 0 Å². The maximum atomic E-state index is 12.5. The van der Waals surface area contributed by atoms with Crippen LogP contribution in [0.15, 0.2) is 36.5 Å². The molecule has 2 heterocycles. The average molecular weight is 332 g/mol. The summed E-state index contributed by atoms with van der Waals surface area (Å²) in [6.45, 7) is 1.64. The summed E-state index contributed by atoms with van der Waals surface area (Å²) >= 11 is 5.99. The molecule has 1 saturated heterocycles. The van der Waals surface area contributed by atoms with Crippen molar-refractivity contribution in [1.82, 2.24) is 14.7 Å². The number of amides is 1. The summed E-state index contributed by atoms with van der Waals surface area (Å²) in [5, 5.41) is 5.22. The fourth-order valence-electron chi connectivity index (χ4n) is 3.20. The van der Waals surface area contributed by atoms with Gasteiger partial charge in [-0.1, -0.05) is 23.7 Å². The van der Waals surface area contributed by atoms with E-state index in [-0.39, 0.29) is 5.91 Å². The number of rotatable bonds is 4. The molecule has 0 aliphatic carbocycles. The number of aromatic nitrogens is 2. The molecule has 0 spiro atoms. The Morgan fingerprint density at radius 2 is 2.26 bits per heavy atom. The number of halogens is 1. The third kappa shape index (κ3) is 4.14. The van der Waals surface area contributed by atoms with Crippen LogP contribution in [0.2, 0.25) is 5.02 Å². The normalized spacial score (nSPS) is 18.2. The Morgan fingerprint density at radius 3 is 3.00 bits per heavy atom. The van der Waals surface area contributed by atoms with E-state index in [1.54, 1.807) is 0 Å². The Bertz CT molecular complexity index is 682. The van der Waals surface area contributed by atoms with Gasteiger partial charge in [-0.3, -0.25) is 9.48 Å². The summed E-state index contributed by atoms with van der Waals surface area (Å²) in [7, 11) is 1.93. The lowest BCUT2D eigenvalue weighted by Gasteiger charge is -2.32. The van der Waals surface area contributed by atoms with E-state index < -0.39 is 0 Å². The van der Waals surface area contributed by atoms with Crippen molar-refractivity contribution in [2.45, 2.75) is 31.6 Å². The first-order valence-electron chi connectivity index (χ1n) is 8.13. The molecule has 0 radical (unpaired) electrons. The van der Waals surface area contributed by atoms with E-state index in [1.165, 1.54) is 0 Å². The van der Waals surface area contributed by atoms with Crippen molar-refractivity contribution in [3.05, 3.63) is 52.8 Å². The molecule has 0 unspecified atom stereocenters. The molecule has 1 aromatic heterocycles. The van der Waals surface area contributed by atoms with Crippen molar-refractivity contribution in [3.63, 3.8) is 0 Å². The number of likely N-dealkylation sites (tertiary alicyclic amines) is 1. The molecule has 1 aliphatic rings. The minimum atomic E-state index is 0.227. The van der Waals surface area contributed by atoms with Crippen LogP contribution in [0.4, 0.5) is 0 Å². The van der Waals surface area contributed by atoms with E-state index in [2.05, 4.69) is 11.2 Å². The second kappa shape index (κ2) is 7.18. The van der Waals surface area contributed by atoms with Crippen LogP contribution in [0, 0.1) is 0 Å². The van der Waals surface area contributed by atoms with Gasteiger partial charge in [-0.25, -0.2) is 0 Å². The molecule has 1 aromatic carbocycles. The summed E-state index contributed by atoms with van der Waals surface area (Å²) < 4.78 is 1.83. The Kier molecular flexibility index (Phi) is 5.01. The second-order valence-electron chi connectivity index (χ2n) is 6.22. The molecule has 1 amide bonds. The van der Waals surface area contributed by atoms with Crippen LogP contribution in [0.25, 0.3) is 0 Å². The van der Waals surface area contributed by atoms with E-state index in [9.17, 15) is 4.79 Å². The van der Waals surface area contributed by atoms with Gasteiger partial charge in [0, 0.05) is 43.7 Å². The number of carbonyl (C=O) groups excluding carboxylic acids is 1. The molecule has 122 valence electrons. The van der Waals surface area contributed by atoms with Crippen molar-refractivity contribution < 1.29 is 4.79 Å². The topological polar surface area (TPSA) is 38.1 Å². The zero-order chi connectivity index (χ0) is 16.2. The highest BCUT2D eigenvalue weighted by Crippen LogP contribution is 2.26. The van der Waals surface area contributed by atoms with Gasteiger partial charge in [0.2, 0.25) is 5.91 Å². The van der Waals surface area contributed by atoms with Crippen molar-refractivity contribution in [1.29, 1.82) is 0 Å². The smallest absolute Gasteiger partial charge is 0.222 e. The lowest BCUT2D eigenvalue weighted by molar-refractivity contribution is -0.132. The predicted octanol–water partition coefficient (Wildman–Crippen LogP) is 3.41. The van der Waals surface area contributed by atoms with Gasteiger partial charge in [-0.2, -0.15) is 5.10 Å². The quantitative estimate of drug-likeness (QED) is 0.861. The van der Waals surface area contributed by atoms with E-state index in [0.717, 1.165) is 48.6 Å². The van der Waals surface area contributed by atoms with E-state index in [1.807, 2.05) is 47.1 Å². The van der Waals surface area contributed by atoms with E-state index in [0.29, 0.717) is 12.3 Å². The van der Waals surface area contributed by atoms with Crippen molar-refractivity contribution in [2.24, 2.45) is 7.05 Å². The highest BCUT2D eigenvalue weighted by atomic mass is 35.5. The van der Waals surface area contributed by atoms with Gasteiger partial charge in [0.25, 0.3) is 0 Å². The van der Waals surface area contributed by atoms with Crippen LogP contribution >= 0.6 is 11.6 Å². The van der Waals surface area contributed by atoms with Crippen LogP contribution in [0.5, 0.6) is 0 Å². The monoisotopic (exact) mass is 331 g/mol. The van der Waals surface area contributed by atoms with Gasteiger partial charge >= 0.3 is 0 Å². The van der Waals surface area contributed by atoms with Gasteiger partial charge in [0.05, 0.1) is 5.69 Å². The Balaban J connectivity index is 1.56. The Labute approximate surface area is 142 Å². The van der Waals surface area contributed by atoms with Gasteiger partial charge < -0.3 is 4.90 Å².